The monoisotopic (exact) mass is 344 g/mol. The van der Waals surface area contributed by atoms with Crippen LogP contribution in [0, 0.1) is 0 Å². The predicted molar refractivity (Wildman–Crippen MR) is 79.2 cm³/mol. The van der Waals surface area contributed by atoms with Crippen LogP contribution in [0.3, 0.4) is 0 Å². The molecule has 128 valence electrons. The molecule has 2 aromatic rings. The first-order valence-corrected chi connectivity index (χ1v) is 7.22. The van der Waals surface area contributed by atoms with Crippen molar-refractivity contribution >= 4 is 23.8 Å². The minimum Gasteiger partial charge on any atom is -0.464 e. The summed E-state index contributed by atoms with van der Waals surface area (Å²) in [7, 11) is 1.19. The Bertz CT molecular complexity index is 836. The van der Waals surface area contributed by atoms with Crippen molar-refractivity contribution in [2.75, 3.05) is 7.11 Å². The molecule has 0 N–H and O–H groups in total. The Hall–Kier alpha value is -3.49. The highest BCUT2D eigenvalue weighted by Crippen LogP contribution is 2.23. The second kappa shape index (κ2) is 6.56. The van der Waals surface area contributed by atoms with E-state index in [2.05, 4.69) is 9.72 Å². The maximum atomic E-state index is 12.1. The standard InChI is InChI=1S/C16H12N2O7/c1-23-16(22)13-11(24-8-17-13)6-7-12(19)25-18-14(20)9-4-2-3-5-10(9)15(18)21/h2-5,8H,6-7H2,1H3. The lowest BCUT2D eigenvalue weighted by atomic mass is 10.1. The zero-order chi connectivity index (χ0) is 18.0. The first kappa shape index (κ1) is 16.4. The summed E-state index contributed by atoms with van der Waals surface area (Å²) in [6.07, 6.45) is 0.816. The van der Waals surface area contributed by atoms with Gasteiger partial charge in [0, 0.05) is 6.42 Å². The molecule has 2 heterocycles. The van der Waals surface area contributed by atoms with Crippen molar-refractivity contribution < 1.29 is 33.2 Å². The number of rotatable bonds is 5. The van der Waals surface area contributed by atoms with Gasteiger partial charge < -0.3 is 14.0 Å². The number of carbonyl (C=O) groups excluding carboxylic acids is 4. The third-order valence-electron chi connectivity index (χ3n) is 3.53. The number of nitrogens with zero attached hydrogens (tertiary/aromatic N) is 2. The number of carbonyl (C=O) groups is 4. The van der Waals surface area contributed by atoms with Gasteiger partial charge in [-0.1, -0.05) is 17.2 Å². The number of hydrogen-bond donors (Lipinski definition) is 0. The van der Waals surface area contributed by atoms with E-state index in [1.165, 1.54) is 19.2 Å². The van der Waals surface area contributed by atoms with Crippen molar-refractivity contribution in [1.29, 1.82) is 0 Å². The molecule has 1 aromatic heterocycles. The fourth-order valence-corrected chi connectivity index (χ4v) is 2.32. The van der Waals surface area contributed by atoms with Crippen LogP contribution < -0.4 is 0 Å². The molecule has 0 radical (unpaired) electrons. The highest BCUT2D eigenvalue weighted by atomic mass is 16.7. The summed E-state index contributed by atoms with van der Waals surface area (Å²) in [4.78, 5) is 56.2. The Kier molecular flexibility index (Phi) is 4.29. The van der Waals surface area contributed by atoms with Gasteiger partial charge in [-0.15, -0.1) is 0 Å². The summed E-state index contributed by atoms with van der Waals surface area (Å²) in [5.74, 6) is -2.79. The molecule has 0 bridgehead atoms. The third kappa shape index (κ3) is 2.99. The van der Waals surface area contributed by atoms with Crippen LogP contribution in [-0.4, -0.2) is 40.9 Å². The van der Waals surface area contributed by atoms with Gasteiger partial charge in [-0.3, -0.25) is 9.59 Å². The van der Waals surface area contributed by atoms with Crippen LogP contribution in [0.2, 0.25) is 0 Å². The second-order valence-electron chi connectivity index (χ2n) is 5.03. The smallest absolute Gasteiger partial charge is 0.360 e. The van der Waals surface area contributed by atoms with Crippen LogP contribution in [0.25, 0.3) is 0 Å². The van der Waals surface area contributed by atoms with Gasteiger partial charge in [0.2, 0.25) is 0 Å². The molecule has 9 nitrogen and oxygen atoms in total. The zero-order valence-electron chi connectivity index (χ0n) is 13.1. The number of hydroxylamine groups is 2. The Morgan fingerprint density at radius 3 is 2.40 bits per heavy atom. The summed E-state index contributed by atoms with van der Waals surface area (Å²) in [6.45, 7) is 0. The molecule has 0 atom stereocenters. The SMILES string of the molecule is COC(=O)c1ncoc1CCC(=O)ON1C(=O)c2ccccc2C1=O. The van der Waals surface area contributed by atoms with Crippen molar-refractivity contribution in [2.24, 2.45) is 0 Å². The Morgan fingerprint density at radius 1 is 1.16 bits per heavy atom. The average Bonchev–Trinajstić information content (AvgIpc) is 3.19. The molecular formula is C16H12N2O7. The van der Waals surface area contributed by atoms with E-state index in [1.54, 1.807) is 12.1 Å². The van der Waals surface area contributed by atoms with Crippen molar-refractivity contribution in [2.45, 2.75) is 12.8 Å². The number of amides is 2. The zero-order valence-corrected chi connectivity index (χ0v) is 13.1. The van der Waals surface area contributed by atoms with Crippen molar-refractivity contribution in [3.05, 3.63) is 53.2 Å². The number of ether oxygens (including phenoxy) is 1. The van der Waals surface area contributed by atoms with E-state index in [0.29, 0.717) is 5.06 Å². The fourth-order valence-electron chi connectivity index (χ4n) is 2.32. The second-order valence-corrected chi connectivity index (χ2v) is 5.03. The average molecular weight is 344 g/mol. The van der Waals surface area contributed by atoms with Gasteiger partial charge in [0.15, 0.2) is 12.1 Å². The summed E-state index contributed by atoms with van der Waals surface area (Å²) >= 11 is 0. The van der Waals surface area contributed by atoms with E-state index < -0.39 is 23.8 Å². The Labute approximate surface area is 141 Å². The normalized spacial score (nSPS) is 12.9. The molecule has 0 spiro atoms. The number of aromatic nitrogens is 1. The number of imide groups is 1. The van der Waals surface area contributed by atoms with Crippen molar-refractivity contribution in [3.63, 3.8) is 0 Å². The first-order valence-electron chi connectivity index (χ1n) is 7.22. The molecule has 1 aliphatic heterocycles. The molecule has 0 fully saturated rings. The molecule has 25 heavy (non-hydrogen) atoms. The number of hydrogen-bond acceptors (Lipinski definition) is 8. The van der Waals surface area contributed by atoms with Crippen LogP contribution in [0.15, 0.2) is 35.1 Å². The van der Waals surface area contributed by atoms with Crippen LogP contribution in [0.5, 0.6) is 0 Å². The van der Waals surface area contributed by atoms with Gasteiger partial charge in [-0.25, -0.2) is 14.6 Å². The van der Waals surface area contributed by atoms with Crippen LogP contribution >= 0.6 is 0 Å². The van der Waals surface area contributed by atoms with Crippen molar-refractivity contribution in [1.82, 2.24) is 10.0 Å². The van der Waals surface area contributed by atoms with Crippen LogP contribution in [-0.2, 0) is 20.8 Å². The molecular weight excluding hydrogens is 332 g/mol. The predicted octanol–water partition coefficient (Wildman–Crippen LogP) is 1.15. The maximum Gasteiger partial charge on any atom is 0.360 e. The fraction of sp³-hybridized carbons (Fsp3) is 0.188. The van der Waals surface area contributed by atoms with Gasteiger partial charge in [-0.05, 0) is 12.1 Å². The molecule has 2 amide bonds. The van der Waals surface area contributed by atoms with Crippen molar-refractivity contribution in [3.8, 4) is 0 Å². The first-order chi connectivity index (χ1) is 12.0. The Morgan fingerprint density at radius 2 is 1.80 bits per heavy atom. The van der Waals surface area contributed by atoms with Gasteiger partial charge in [-0.2, -0.15) is 0 Å². The van der Waals surface area contributed by atoms with E-state index in [4.69, 9.17) is 9.25 Å². The van der Waals surface area contributed by atoms with E-state index in [1.807, 2.05) is 0 Å². The summed E-state index contributed by atoms with van der Waals surface area (Å²) in [6, 6.07) is 6.16. The highest BCUT2D eigenvalue weighted by Gasteiger charge is 2.38. The van der Waals surface area contributed by atoms with E-state index in [9.17, 15) is 19.2 Å². The number of oxazole rings is 1. The molecule has 9 heteroatoms. The lowest BCUT2D eigenvalue weighted by Gasteiger charge is -2.12. The molecule has 1 aliphatic rings. The van der Waals surface area contributed by atoms with Gasteiger partial charge in [0.1, 0.15) is 5.76 Å². The molecule has 0 unspecified atom stereocenters. The number of methoxy groups -OCH3 is 1. The molecule has 3 rings (SSSR count). The van der Waals surface area contributed by atoms with E-state index in [0.717, 1.165) is 6.39 Å². The largest absolute Gasteiger partial charge is 0.464 e. The number of esters is 1. The van der Waals surface area contributed by atoms with Crippen LogP contribution in [0.4, 0.5) is 0 Å². The van der Waals surface area contributed by atoms with E-state index in [-0.39, 0.29) is 35.4 Å². The number of fused-ring (bicyclic) bond motifs is 1. The number of benzene rings is 1. The lowest BCUT2D eigenvalue weighted by Crippen LogP contribution is -2.32. The van der Waals surface area contributed by atoms with Gasteiger partial charge in [0.05, 0.1) is 24.7 Å². The minimum atomic E-state index is -0.832. The summed E-state index contributed by atoms with van der Waals surface area (Å²) < 4.78 is 9.57. The Balaban J connectivity index is 1.63. The molecule has 1 aromatic carbocycles. The third-order valence-corrected chi connectivity index (χ3v) is 3.53. The van der Waals surface area contributed by atoms with Gasteiger partial charge >= 0.3 is 11.9 Å². The van der Waals surface area contributed by atoms with E-state index >= 15 is 0 Å². The number of aryl methyl sites for hydroxylation is 1. The quantitative estimate of drug-likeness (QED) is 0.586. The van der Waals surface area contributed by atoms with Gasteiger partial charge in [0.25, 0.3) is 11.8 Å². The lowest BCUT2D eigenvalue weighted by molar-refractivity contribution is -0.168. The molecule has 0 saturated carbocycles. The van der Waals surface area contributed by atoms with Crippen LogP contribution in [0.1, 0.15) is 43.4 Å². The minimum absolute atomic E-state index is 0.00750. The maximum absolute atomic E-state index is 12.1. The summed E-state index contributed by atoms with van der Waals surface area (Å²) in [5.41, 5.74) is 0.294. The molecule has 0 aliphatic carbocycles. The molecule has 0 saturated heterocycles. The highest BCUT2D eigenvalue weighted by molar-refractivity contribution is 6.20. The summed E-state index contributed by atoms with van der Waals surface area (Å²) in [5, 5.41) is 0.425. The topological polar surface area (TPSA) is 116 Å².